The van der Waals surface area contributed by atoms with E-state index in [-0.39, 0.29) is 5.69 Å². The highest BCUT2D eigenvalue weighted by molar-refractivity contribution is 6.31. The molecule has 1 aliphatic rings. The lowest BCUT2D eigenvalue weighted by Crippen LogP contribution is -2.18. The van der Waals surface area contributed by atoms with Crippen molar-refractivity contribution in [2.24, 2.45) is 0 Å². The summed E-state index contributed by atoms with van der Waals surface area (Å²) in [5.41, 5.74) is 0.568. The lowest BCUT2D eigenvalue weighted by molar-refractivity contribution is -0.137. The molecule has 0 radical (unpaired) electrons. The molecule has 26 heavy (non-hydrogen) atoms. The van der Waals surface area contributed by atoms with Crippen molar-refractivity contribution >= 4 is 23.2 Å². The maximum Gasteiger partial charge on any atom is 0.417 e. The van der Waals surface area contributed by atoms with Crippen LogP contribution in [0, 0.1) is 0 Å². The number of carbonyl (C=O) groups excluding carboxylic acids is 1. The number of nitrogens with zero attached hydrogens (tertiary/aromatic N) is 1. The van der Waals surface area contributed by atoms with Crippen molar-refractivity contribution in [3.8, 4) is 0 Å². The predicted octanol–water partition coefficient (Wildman–Crippen LogP) is 5.21. The molecule has 1 N–H and O–H groups in total. The number of amides is 1. The molecule has 2 aromatic carbocycles. The average Bonchev–Trinajstić information content (AvgIpc) is 3.09. The Morgan fingerprint density at radius 1 is 1.08 bits per heavy atom. The third-order valence-electron chi connectivity index (χ3n) is 4.35. The monoisotopic (exact) mass is 382 g/mol. The highest BCUT2D eigenvalue weighted by atomic mass is 35.5. The van der Waals surface area contributed by atoms with Gasteiger partial charge in [-0.15, -0.1) is 0 Å². The molecule has 1 aliphatic heterocycles. The number of halogens is 4. The van der Waals surface area contributed by atoms with E-state index in [1.807, 2.05) is 12.1 Å². The topological polar surface area (TPSA) is 32.3 Å². The highest BCUT2D eigenvalue weighted by Gasteiger charge is 2.33. The van der Waals surface area contributed by atoms with Crippen LogP contribution in [0.2, 0.25) is 5.02 Å². The molecule has 0 saturated carbocycles. The number of hydrogen-bond acceptors (Lipinski definition) is 2. The molecule has 0 aliphatic carbocycles. The molecular formula is C19H18ClF3N2O. The molecule has 0 unspecified atom stereocenters. The number of likely N-dealkylation sites (tertiary alicyclic amines) is 1. The summed E-state index contributed by atoms with van der Waals surface area (Å²) in [4.78, 5) is 14.6. The van der Waals surface area contributed by atoms with Crippen LogP contribution in [-0.4, -0.2) is 23.9 Å². The van der Waals surface area contributed by atoms with Crippen molar-refractivity contribution < 1.29 is 18.0 Å². The fourth-order valence-corrected chi connectivity index (χ4v) is 3.21. The van der Waals surface area contributed by atoms with Crippen molar-refractivity contribution in [2.45, 2.75) is 25.6 Å². The zero-order valence-corrected chi connectivity index (χ0v) is 14.7. The van der Waals surface area contributed by atoms with Gasteiger partial charge in [0.25, 0.3) is 5.91 Å². The zero-order chi connectivity index (χ0) is 18.7. The molecule has 3 nitrogen and oxygen atoms in total. The number of benzene rings is 2. The Bertz CT molecular complexity index is 784. The third kappa shape index (κ3) is 4.56. The fraction of sp³-hybridized carbons (Fsp3) is 0.316. The van der Waals surface area contributed by atoms with Gasteiger partial charge in [-0.2, -0.15) is 13.2 Å². The van der Waals surface area contributed by atoms with E-state index in [0.29, 0.717) is 5.56 Å². The molecule has 0 atom stereocenters. The molecule has 138 valence electrons. The Hall–Kier alpha value is -2.05. The SMILES string of the molecule is O=C(Nc1ccc(Cl)c(C(F)(F)F)c1)c1ccc(CN2CCCC2)cc1. The van der Waals surface area contributed by atoms with Gasteiger partial charge in [0.1, 0.15) is 0 Å². The Labute approximate surface area is 154 Å². The van der Waals surface area contributed by atoms with Crippen LogP contribution in [0.1, 0.15) is 34.3 Å². The summed E-state index contributed by atoms with van der Waals surface area (Å²) in [6.45, 7) is 3.01. The van der Waals surface area contributed by atoms with Gasteiger partial charge in [-0.3, -0.25) is 9.69 Å². The first-order chi connectivity index (χ1) is 12.3. The smallest absolute Gasteiger partial charge is 0.322 e. The largest absolute Gasteiger partial charge is 0.417 e. The molecule has 2 aromatic rings. The number of nitrogens with one attached hydrogen (secondary N) is 1. The lowest BCUT2D eigenvalue weighted by Gasteiger charge is -2.15. The van der Waals surface area contributed by atoms with Crippen LogP contribution < -0.4 is 5.32 Å². The van der Waals surface area contributed by atoms with Crippen LogP contribution in [0.15, 0.2) is 42.5 Å². The van der Waals surface area contributed by atoms with Crippen LogP contribution in [0.5, 0.6) is 0 Å². The van der Waals surface area contributed by atoms with Gasteiger partial charge in [0.15, 0.2) is 0 Å². The maximum absolute atomic E-state index is 12.9. The number of alkyl halides is 3. The molecular weight excluding hydrogens is 365 g/mol. The molecule has 0 spiro atoms. The highest BCUT2D eigenvalue weighted by Crippen LogP contribution is 2.36. The summed E-state index contributed by atoms with van der Waals surface area (Å²) in [5.74, 6) is -0.465. The first kappa shape index (κ1) is 18.7. The molecule has 0 bridgehead atoms. The van der Waals surface area contributed by atoms with Gasteiger partial charge in [-0.05, 0) is 61.8 Å². The number of rotatable bonds is 4. The molecule has 0 aromatic heterocycles. The van der Waals surface area contributed by atoms with E-state index in [1.165, 1.54) is 18.9 Å². The van der Waals surface area contributed by atoms with E-state index in [0.717, 1.165) is 37.3 Å². The van der Waals surface area contributed by atoms with Crippen molar-refractivity contribution in [3.05, 3.63) is 64.2 Å². The van der Waals surface area contributed by atoms with Crippen molar-refractivity contribution in [1.29, 1.82) is 0 Å². The second-order valence-electron chi connectivity index (χ2n) is 6.33. The van der Waals surface area contributed by atoms with Crippen molar-refractivity contribution in [1.82, 2.24) is 4.90 Å². The van der Waals surface area contributed by atoms with Crippen molar-refractivity contribution in [2.75, 3.05) is 18.4 Å². The first-order valence-corrected chi connectivity index (χ1v) is 8.70. The maximum atomic E-state index is 12.9. The van der Waals surface area contributed by atoms with Crippen LogP contribution in [0.3, 0.4) is 0 Å². The van der Waals surface area contributed by atoms with Gasteiger partial charge in [0.05, 0.1) is 10.6 Å². The van der Waals surface area contributed by atoms with E-state index in [9.17, 15) is 18.0 Å². The summed E-state index contributed by atoms with van der Waals surface area (Å²) < 4.78 is 38.7. The minimum atomic E-state index is -4.57. The van der Waals surface area contributed by atoms with Crippen LogP contribution in [0.25, 0.3) is 0 Å². The first-order valence-electron chi connectivity index (χ1n) is 8.32. The van der Waals surface area contributed by atoms with Gasteiger partial charge in [-0.1, -0.05) is 23.7 Å². The van der Waals surface area contributed by atoms with E-state index in [1.54, 1.807) is 12.1 Å². The predicted molar refractivity (Wildman–Crippen MR) is 95.4 cm³/mol. The van der Waals surface area contributed by atoms with Gasteiger partial charge < -0.3 is 5.32 Å². The Kier molecular flexibility index (Phi) is 5.53. The molecule has 1 amide bonds. The number of carbonyl (C=O) groups is 1. The van der Waals surface area contributed by atoms with Crippen LogP contribution in [0.4, 0.5) is 18.9 Å². The molecule has 1 fully saturated rings. The summed E-state index contributed by atoms with van der Waals surface area (Å²) in [6, 6.07) is 10.4. The van der Waals surface area contributed by atoms with Gasteiger partial charge >= 0.3 is 6.18 Å². The van der Waals surface area contributed by atoms with Gasteiger partial charge in [0.2, 0.25) is 0 Å². The van der Waals surface area contributed by atoms with Gasteiger partial charge in [-0.25, -0.2) is 0 Å². The molecule has 1 saturated heterocycles. The molecule has 3 rings (SSSR count). The van der Waals surface area contributed by atoms with E-state index >= 15 is 0 Å². The van der Waals surface area contributed by atoms with E-state index in [4.69, 9.17) is 11.6 Å². The third-order valence-corrected chi connectivity index (χ3v) is 4.68. The summed E-state index contributed by atoms with van der Waals surface area (Å²) in [5, 5.41) is 2.08. The normalized spacial score (nSPS) is 15.2. The number of anilines is 1. The second kappa shape index (κ2) is 7.68. The minimum Gasteiger partial charge on any atom is -0.322 e. The van der Waals surface area contributed by atoms with E-state index in [2.05, 4.69) is 10.2 Å². The summed E-state index contributed by atoms with van der Waals surface area (Å²) >= 11 is 5.58. The Morgan fingerprint density at radius 2 is 1.73 bits per heavy atom. The van der Waals surface area contributed by atoms with Crippen molar-refractivity contribution in [3.63, 3.8) is 0 Å². The molecule has 7 heteroatoms. The average molecular weight is 383 g/mol. The Morgan fingerprint density at radius 3 is 2.35 bits per heavy atom. The standard InChI is InChI=1S/C19H18ClF3N2O/c20-17-8-7-15(11-16(17)19(21,22)23)24-18(26)14-5-3-13(4-6-14)12-25-9-1-2-10-25/h3-8,11H,1-2,9-10,12H2,(H,24,26). The summed E-state index contributed by atoms with van der Waals surface area (Å²) in [6.07, 6.45) is -2.15. The zero-order valence-electron chi connectivity index (χ0n) is 13.9. The van der Waals surface area contributed by atoms with Crippen LogP contribution in [-0.2, 0) is 12.7 Å². The second-order valence-corrected chi connectivity index (χ2v) is 6.73. The van der Waals surface area contributed by atoms with E-state index < -0.39 is 22.7 Å². The van der Waals surface area contributed by atoms with Gasteiger partial charge in [0, 0.05) is 17.8 Å². The molecule has 1 heterocycles. The fourth-order valence-electron chi connectivity index (χ4n) is 2.98. The Balaban J connectivity index is 1.68. The lowest BCUT2D eigenvalue weighted by atomic mass is 10.1. The van der Waals surface area contributed by atoms with Crippen LogP contribution >= 0.6 is 11.6 Å². The summed E-state index contributed by atoms with van der Waals surface area (Å²) in [7, 11) is 0. The minimum absolute atomic E-state index is 0.0490. The number of hydrogen-bond donors (Lipinski definition) is 1. The quantitative estimate of drug-likeness (QED) is 0.787.